The molecule has 0 aliphatic carbocycles. The molecule has 0 aromatic carbocycles. The fourth-order valence-corrected chi connectivity index (χ4v) is 4.68. The number of rotatable bonds is 12. The van der Waals surface area contributed by atoms with E-state index < -0.39 is 0 Å². The Kier molecular flexibility index (Phi) is 8.19. The van der Waals surface area contributed by atoms with E-state index in [1.54, 1.807) is 12.4 Å². The van der Waals surface area contributed by atoms with Crippen LogP contribution in [0.2, 0.25) is 0 Å². The number of aromatic nitrogens is 2. The summed E-state index contributed by atoms with van der Waals surface area (Å²) in [5.41, 5.74) is 3.94. The predicted octanol–water partition coefficient (Wildman–Crippen LogP) is 4.10. The number of hydrogen-bond acceptors (Lipinski definition) is 6. The quantitative estimate of drug-likeness (QED) is 0.268. The molecule has 180 valence electrons. The van der Waals surface area contributed by atoms with Crippen molar-refractivity contribution in [2.75, 3.05) is 13.2 Å². The first-order valence-corrected chi connectivity index (χ1v) is 12.1. The topological polar surface area (TPSA) is 81.6 Å². The van der Waals surface area contributed by atoms with Crippen molar-refractivity contribution in [3.05, 3.63) is 59.9 Å². The number of carbonyl (C=O) groups is 2. The number of ether oxygens (including phenoxy) is 2. The predicted molar refractivity (Wildman–Crippen MR) is 129 cm³/mol. The first-order chi connectivity index (χ1) is 16.6. The molecule has 4 atom stereocenters. The lowest BCUT2D eigenvalue weighted by atomic mass is 9.83. The Hall–Kier alpha value is -2.90. The Labute approximate surface area is 201 Å². The van der Waals surface area contributed by atoms with Crippen molar-refractivity contribution in [2.45, 2.75) is 58.3 Å². The first kappa shape index (κ1) is 24.2. The summed E-state index contributed by atoms with van der Waals surface area (Å²) >= 11 is 0. The van der Waals surface area contributed by atoms with Crippen LogP contribution in [0.25, 0.3) is 11.4 Å². The van der Waals surface area contributed by atoms with Crippen molar-refractivity contribution in [2.24, 2.45) is 11.8 Å². The van der Waals surface area contributed by atoms with Gasteiger partial charge in [-0.3, -0.25) is 24.5 Å². The molecule has 2 amide bonds. The van der Waals surface area contributed by atoms with E-state index in [4.69, 9.17) is 9.47 Å². The number of hydrogen-bond donors (Lipinski definition) is 0. The van der Waals surface area contributed by atoms with Crippen molar-refractivity contribution in [3.63, 3.8) is 0 Å². The summed E-state index contributed by atoms with van der Waals surface area (Å²) < 4.78 is 11.6. The summed E-state index contributed by atoms with van der Waals surface area (Å²) in [4.78, 5) is 34.5. The van der Waals surface area contributed by atoms with E-state index in [1.165, 1.54) is 4.90 Å². The van der Waals surface area contributed by atoms with Crippen molar-refractivity contribution >= 4 is 12.3 Å². The van der Waals surface area contributed by atoms with Crippen LogP contribution in [0.5, 0.6) is 0 Å². The smallest absolute Gasteiger partial charge is 0.235 e. The Bertz CT molecular complexity index is 1020. The molecule has 7 heteroatoms. The summed E-state index contributed by atoms with van der Waals surface area (Å²) in [6.45, 7) is 5.72. The van der Waals surface area contributed by atoms with Gasteiger partial charge in [-0.15, -0.1) is 0 Å². The van der Waals surface area contributed by atoms with Gasteiger partial charge in [-0.1, -0.05) is 31.9 Å². The molecule has 1 fully saturated rings. The van der Waals surface area contributed by atoms with Gasteiger partial charge >= 0.3 is 0 Å². The SMILES string of the molecule is Cc1ccnc(-c2cc(COCCCCCCN(C=O)C(=O)C3C4C=CC(O4)C3C)ccn2)c1. The van der Waals surface area contributed by atoms with Gasteiger partial charge in [-0.2, -0.15) is 0 Å². The van der Waals surface area contributed by atoms with Gasteiger partial charge < -0.3 is 9.47 Å². The second-order valence-corrected chi connectivity index (χ2v) is 9.21. The number of unbranched alkanes of at least 4 members (excludes halogenated alkanes) is 3. The van der Waals surface area contributed by atoms with E-state index in [9.17, 15) is 9.59 Å². The second kappa shape index (κ2) is 11.5. The Morgan fingerprint density at radius 1 is 1.06 bits per heavy atom. The molecule has 0 radical (unpaired) electrons. The molecular formula is C27H33N3O4. The molecule has 2 bridgehead atoms. The van der Waals surface area contributed by atoms with E-state index in [0.717, 1.165) is 48.2 Å². The second-order valence-electron chi connectivity index (χ2n) is 9.21. The first-order valence-electron chi connectivity index (χ1n) is 12.1. The standard InChI is InChI=1S/C27H33N3O4/c1-19-9-11-28-22(15-19)23-16-21(10-12-29-23)17-33-14-6-4-3-5-13-30(18-31)27(32)26-20(2)24-7-8-25(26)34-24/h7-12,15-16,18,20,24-26H,3-6,13-14,17H2,1-2H3. The van der Waals surface area contributed by atoms with E-state index in [2.05, 4.69) is 9.97 Å². The highest BCUT2D eigenvalue weighted by molar-refractivity contribution is 5.89. The van der Waals surface area contributed by atoms with Gasteiger partial charge in [0.25, 0.3) is 0 Å². The molecule has 4 unspecified atom stereocenters. The Morgan fingerprint density at radius 3 is 2.53 bits per heavy atom. The summed E-state index contributed by atoms with van der Waals surface area (Å²) in [6.07, 6.45) is 11.7. The van der Waals surface area contributed by atoms with Gasteiger partial charge in [0, 0.05) is 31.5 Å². The zero-order chi connectivity index (χ0) is 23.9. The maximum absolute atomic E-state index is 12.8. The van der Waals surface area contributed by atoms with Crippen LogP contribution < -0.4 is 0 Å². The van der Waals surface area contributed by atoms with E-state index in [1.807, 2.05) is 50.3 Å². The summed E-state index contributed by atoms with van der Waals surface area (Å²) in [5.74, 6) is -0.240. The maximum Gasteiger partial charge on any atom is 0.235 e. The van der Waals surface area contributed by atoms with Crippen LogP contribution in [-0.2, 0) is 25.7 Å². The van der Waals surface area contributed by atoms with Gasteiger partial charge in [0.05, 0.1) is 36.1 Å². The van der Waals surface area contributed by atoms with Crippen LogP contribution in [0.3, 0.4) is 0 Å². The van der Waals surface area contributed by atoms with Gasteiger partial charge in [-0.25, -0.2) is 0 Å². The lowest BCUT2D eigenvalue weighted by Crippen LogP contribution is -2.41. The number of nitrogens with zero attached hydrogens (tertiary/aromatic N) is 3. The molecule has 4 rings (SSSR count). The van der Waals surface area contributed by atoms with Crippen LogP contribution in [0.1, 0.15) is 43.7 Å². The minimum atomic E-state index is -0.246. The number of aryl methyl sites for hydroxylation is 1. The average Bonchev–Trinajstić information content (AvgIpc) is 3.44. The zero-order valence-electron chi connectivity index (χ0n) is 19.9. The monoisotopic (exact) mass is 463 g/mol. The number of imide groups is 1. The molecule has 7 nitrogen and oxygen atoms in total. The molecular weight excluding hydrogens is 430 g/mol. The largest absolute Gasteiger partial charge is 0.377 e. The third-order valence-electron chi connectivity index (χ3n) is 6.65. The van der Waals surface area contributed by atoms with Gasteiger partial charge in [0.15, 0.2) is 0 Å². The van der Waals surface area contributed by atoms with Crippen molar-refractivity contribution < 1.29 is 19.1 Å². The summed E-state index contributed by atoms with van der Waals surface area (Å²) in [6, 6.07) is 7.97. The minimum Gasteiger partial charge on any atom is -0.377 e. The van der Waals surface area contributed by atoms with Crippen LogP contribution in [0.15, 0.2) is 48.8 Å². The van der Waals surface area contributed by atoms with Gasteiger partial charge in [-0.05, 0) is 55.2 Å². The zero-order valence-corrected chi connectivity index (χ0v) is 19.9. The molecule has 0 spiro atoms. The van der Waals surface area contributed by atoms with Crippen molar-refractivity contribution in [3.8, 4) is 11.4 Å². The highest BCUT2D eigenvalue weighted by Crippen LogP contribution is 2.39. The third kappa shape index (κ3) is 5.77. The fraction of sp³-hybridized carbons (Fsp3) is 0.481. The third-order valence-corrected chi connectivity index (χ3v) is 6.65. The molecule has 0 N–H and O–H groups in total. The molecule has 4 heterocycles. The van der Waals surface area contributed by atoms with Crippen molar-refractivity contribution in [1.29, 1.82) is 0 Å². The van der Waals surface area contributed by atoms with E-state index in [-0.39, 0.29) is 30.0 Å². The summed E-state index contributed by atoms with van der Waals surface area (Å²) in [7, 11) is 0. The van der Waals surface area contributed by atoms with E-state index in [0.29, 0.717) is 26.2 Å². The molecule has 2 aromatic heterocycles. The van der Waals surface area contributed by atoms with Crippen LogP contribution in [0, 0.1) is 18.8 Å². The molecule has 2 aliphatic rings. The number of pyridine rings is 2. The highest BCUT2D eigenvalue weighted by atomic mass is 16.5. The average molecular weight is 464 g/mol. The molecule has 2 aliphatic heterocycles. The lowest BCUT2D eigenvalue weighted by molar-refractivity contribution is -0.143. The molecule has 34 heavy (non-hydrogen) atoms. The van der Waals surface area contributed by atoms with Crippen LogP contribution in [-0.4, -0.2) is 52.5 Å². The maximum atomic E-state index is 12.8. The van der Waals surface area contributed by atoms with Gasteiger partial charge in [0.1, 0.15) is 0 Å². The van der Waals surface area contributed by atoms with Crippen LogP contribution in [0.4, 0.5) is 0 Å². The minimum absolute atomic E-state index is 0.00499. The summed E-state index contributed by atoms with van der Waals surface area (Å²) in [5, 5.41) is 0. The molecule has 2 aromatic rings. The van der Waals surface area contributed by atoms with Gasteiger partial charge in [0.2, 0.25) is 12.3 Å². The lowest BCUT2D eigenvalue weighted by Gasteiger charge is -2.25. The number of carbonyl (C=O) groups excluding carboxylic acids is 2. The molecule has 1 saturated heterocycles. The number of fused-ring (bicyclic) bond motifs is 2. The Balaban J connectivity index is 1.12. The van der Waals surface area contributed by atoms with E-state index >= 15 is 0 Å². The fourth-order valence-electron chi connectivity index (χ4n) is 4.68. The normalized spacial score (nSPS) is 22.8. The van der Waals surface area contributed by atoms with Crippen molar-refractivity contribution in [1.82, 2.24) is 14.9 Å². The van der Waals surface area contributed by atoms with Crippen LogP contribution >= 0.6 is 0 Å². The molecule has 0 saturated carbocycles. The number of amides is 2. The Morgan fingerprint density at radius 2 is 1.79 bits per heavy atom. The highest BCUT2D eigenvalue weighted by Gasteiger charge is 2.48.